The molecule has 1 amide bonds. The summed E-state index contributed by atoms with van der Waals surface area (Å²) in [7, 11) is 1.63. The Bertz CT molecular complexity index is 1480. The van der Waals surface area contributed by atoms with Crippen LogP contribution in [-0.4, -0.2) is 79.9 Å². The van der Waals surface area contributed by atoms with Crippen molar-refractivity contribution < 1.29 is 19.1 Å². The van der Waals surface area contributed by atoms with Crippen LogP contribution in [0.25, 0.3) is 0 Å². The minimum Gasteiger partial charge on any atom is -0.494 e. The topological polar surface area (TPSA) is 104 Å². The van der Waals surface area contributed by atoms with E-state index in [1.807, 2.05) is 42.5 Å². The number of carbonyl (C=O) groups is 1. The van der Waals surface area contributed by atoms with Crippen molar-refractivity contribution in [3.8, 4) is 5.75 Å². The fourth-order valence-corrected chi connectivity index (χ4v) is 6.38. The summed E-state index contributed by atoms with van der Waals surface area (Å²) in [6.07, 6.45) is 5.65. The Labute approximate surface area is 262 Å². The van der Waals surface area contributed by atoms with Crippen molar-refractivity contribution in [2.24, 2.45) is 0 Å². The molecule has 1 aromatic heterocycles. The van der Waals surface area contributed by atoms with E-state index in [2.05, 4.69) is 37.0 Å². The normalized spacial score (nSPS) is 19.5. The second kappa shape index (κ2) is 13.8. The third-order valence-electron chi connectivity index (χ3n) is 8.41. The second-order valence-corrected chi connectivity index (χ2v) is 11.5. The number of methoxy groups -OCH3 is 1. The van der Waals surface area contributed by atoms with Crippen LogP contribution in [0.3, 0.4) is 0 Å². The second-order valence-electron chi connectivity index (χ2n) is 11.0. The number of ether oxygens (including phenoxy) is 2. The highest BCUT2D eigenvalue weighted by molar-refractivity contribution is 6.30. The van der Waals surface area contributed by atoms with E-state index in [1.54, 1.807) is 12.2 Å². The van der Waals surface area contributed by atoms with E-state index in [0.29, 0.717) is 46.4 Å². The first kappa shape index (κ1) is 30.1. The Morgan fingerprint density at radius 3 is 2.61 bits per heavy atom. The maximum atomic E-state index is 12.5. The minimum absolute atomic E-state index is 0.0293. The molecule has 232 valence electrons. The van der Waals surface area contributed by atoms with Gasteiger partial charge >= 0.3 is 0 Å². The molecule has 0 saturated carbocycles. The number of nitrogens with zero attached hydrogens (tertiary/aromatic N) is 5. The predicted octanol–water partition coefficient (Wildman–Crippen LogP) is 5.19. The standard InChI is InChI=1S/C32H38ClN7O4/c1-3-32(41)37-25-18-26(29(42-2)19-28(25)39-10-7-24(8-11-39)38-12-15-43-16-13-38)36-30-20-31(35-21-34-30)40-27(9-14-44-40)22-5-4-6-23(33)17-22/h3-6,17-21,24,27H,1,7-16H2,2H3,(H,37,41)(H,34,35,36). The predicted molar refractivity (Wildman–Crippen MR) is 172 cm³/mol. The van der Waals surface area contributed by atoms with Crippen molar-refractivity contribution in [1.82, 2.24) is 14.9 Å². The van der Waals surface area contributed by atoms with Crippen molar-refractivity contribution in [2.45, 2.75) is 31.3 Å². The largest absolute Gasteiger partial charge is 0.494 e. The molecule has 2 N–H and O–H groups in total. The van der Waals surface area contributed by atoms with Gasteiger partial charge in [0.1, 0.15) is 17.9 Å². The number of hydrogen-bond donors (Lipinski definition) is 2. The summed E-state index contributed by atoms with van der Waals surface area (Å²) in [6, 6.07) is 14.0. The lowest BCUT2D eigenvalue weighted by molar-refractivity contribution is -0.111. The van der Waals surface area contributed by atoms with Crippen molar-refractivity contribution in [3.05, 3.63) is 72.0 Å². The average molecular weight is 620 g/mol. The first-order valence-electron chi connectivity index (χ1n) is 15.0. The van der Waals surface area contributed by atoms with Gasteiger partial charge in [0, 0.05) is 55.8 Å². The van der Waals surface area contributed by atoms with Crippen LogP contribution in [0.15, 0.2) is 61.4 Å². The number of amides is 1. The van der Waals surface area contributed by atoms with Crippen LogP contribution in [0.4, 0.5) is 28.7 Å². The molecule has 3 aromatic rings. The smallest absolute Gasteiger partial charge is 0.247 e. The van der Waals surface area contributed by atoms with Gasteiger partial charge in [0.15, 0.2) is 5.82 Å². The quantitative estimate of drug-likeness (QED) is 0.311. The number of hydroxylamine groups is 1. The third kappa shape index (κ3) is 6.76. The maximum Gasteiger partial charge on any atom is 0.247 e. The summed E-state index contributed by atoms with van der Waals surface area (Å²) in [5.74, 6) is 1.51. The molecule has 1 unspecified atom stereocenters. The highest BCUT2D eigenvalue weighted by Gasteiger charge is 2.30. The molecule has 6 rings (SSSR count). The molecule has 0 spiro atoms. The van der Waals surface area contributed by atoms with E-state index in [1.165, 1.54) is 12.4 Å². The Morgan fingerprint density at radius 1 is 1.05 bits per heavy atom. The Kier molecular flexibility index (Phi) is 9.46. The van der Waals surface area contributed by atoms with Crippen LogP contribution in [0, 0.1) is 0 Å². The molecule has 3 saturated heterocycles. The fraction of sp³-hybridized carbons (Fsp3) is 0.406. The molecular weight excluding hydrogens is 582 g/mol. The molecule has 44 heavy (non-hydrogen) atoms. The summed E-state index contributed by atoms with van der Waals surface area (Å²) in [5, 5.41) is 8.85. The van der Waals surface area contributed by atoms with Crippen molar-refractivity contribution in [2.75, 3.05) is 73.7 Å². The fourth-order valence-electron chi connectivity index (χ4n) is 6.18. The Morgan fingerprint density at radius 2 is 1.86 bits per heavy atom. The highest BCUT2D eigenvalue weighted by atomic mass is 35.5. The van der Waals surface area contributed by atoms with Crippen LogP contribution in [0.1, 0.15) is 30.9 Å². The third-order valence-corrected chi connectivity index (χ3v) is 8.64. The number of anilines is 5. The summed E-state index contributed by atoms with van der Waals surface area (Å²) in [4.78, 5) is 32.3. The van der Waals surface area contributed by atoms with Gasteiger partial charge in [-0.2, -0.15) is 0 Å². The van der Waals surface area contributed by atoms with Crippen LogP contribution in [-0.2, 0) is 14.4 Å². The van der Waals surface area contributed by atoms with Gasteiger partial charge in [0.2, 0.25) is 5.91 Å². The van der Waals surface area contributed by atoms with Crippen molar-refractivity contribution >= 4 is 46.2 Å². The molecule has 3 aliphatic rings. The lowest BCUT2D eigenvalue weighted by Gasteiger charge is -2.41. The first-order valence-corrected chi connectivity index (χ1v) is 15.4. The number of piperidine rings is 1. The zero-order chi connectivity index (χ0) is 30.5. The van der Waals surface area contributed by atoms with E-state index in [0.717, 1.165) is 69.9 Å². The lowest BCUT2D eigenvalue weighted by atomic mass is 10.0. The molecule has 0 radical (unpaired) electrons. The molecule has 0 aliphatic carbocycles. The minimum atomic E-state index is -0.284. The molecule has 1 atom stereocenters. The molecule has 0 bridgehead atoms. The zero-order valence-electron chi connectivity index (χ0n) is 24.9. The average Bonchev–Trinajstić information content (AvgIpc) is 3.56. The number of aromatic nitrogens is 2. The van der Waals surface area contributed by atoms with E-state index >= 15 is 0 Å². The van der Waals surface area contributed by atoms with Crippen molar-refractivity contribution in [3.63, 3.8) is 0 Å². The maximum absolute atomic E-state index is 12.5. The highest BCUT2D eigenvalue weighted by Crippen LogP contribution is 2.40. The zero-order valence-corrected chi connectivity index (χ0v) is 25.6. The van der Waals surface area contributed by atoms with Gasteiger partial charge in [-0.15, -0.1) is 0 Å². The summed E-state index contributed by atoms with van der Waals surface area (Å²) < 4.78 is 11.4. The van der Waals surface area contributed by atoms with Crippen LogP contribution in [0.5, 0.6) is 5.75 Å². The molecule has 4 heterocycles. The van der Waals surface area contributed by atoms with Crippen LogP contribution in [0.2, 0.25) is 5.02 Å². The summed E-state index contributed by atoms with van der Waals surface area (Å²) >= 11 is 6.27. The number of halogens is 1. The summed E-state index contributed by atoms with van der Waals surface area (Å²) in [5.41, 5.74) is 3.27. The number of hydrogen-bond acceptors (Lipinski definition) is 10. The van der Waals surface area contributed by atoms with Crippen LogP contribution < -0.4 is 25.3 Å². The van der Waals surface area contributed by atoms with E-state index in [4.69, 9.17) is 25.9 Å². The van der Waals surface area contributed by atoms with Gasteiger partial charge in [-0.05, 0) is 42.7 Å². The first-order chi connectivity index (χ1) is 21.5. The van der Waals surface area contributed by atoms with E-state index in [9.17, 15) is 4.79 Å². The number of benzene rings is 2. The van der Waals surface area contributed by atoms with Gasteiger partial charge in [0.05, 0.1) is 50.0 Å². The molecule has 11 nitrogen and oxygen atoms in total. The molecule has 3 fully saturated rings. The Hall–Kier alpha value is -3.90. The lowest BCUT2D eigenvalue weighted by Crippen LogP contribution is -2.49. The summed E-state index contributed by atoms with van der Waals surface area (Å²) in [6.45, 7) is 9.50. The van der Waals surface area contributed by atoms with Gasteiger partial charge in [0.25, 0.3) is 0 Å². The molecule has 3 aliphatic heterocycles. The van der Waals surface area contributed by atoms with Gasteiger partial charge in [-0.1, -0.05) is 30.3 Å². The monoisotopic (exact) mass is 619 g/mol. The van der Waals surface area contributed by atoms with Crippen molar-refractivity contribution in [1.29, 1.82) is 0 Å². The number of carbonyl (C=O) groups excluding carboxylic acids is 1. The molecule has 12 heteroatoms. The molecular formula is C32H38ClN7O4. The van der Waals surface area contributed by atoms with E-state index < -0.39 is 0 Å². The molecule has 2 aromatic carbocycles. The van der Waals surface area contributed by atoms with Gasteiger partial charge < -0.3 is 25.0 Å². The number of morpholine rings is 1. The number of rotatable bonds is 9. The van der Waals surface area contributed by atoms with Gasteiger partial charge in [-0.25, -0.2) is 15.0 Å². The van der Waals surface area contributed by atoms with E-state index in [-0.39, 0.29) is 11.9 Å². The van der Waals surface area contributed by atoms with Gasteiger partial charge in [-0.3, -0.25) is 14.5 Å². The Balaban J connectivity index is 1.24. The number of nitrogens with one attached hydrogen (secondary N) is 2. The van der Waals surface area contributed by atoms with Crippen LogP contribution >= 0.6 is 11.6 Å². The SMILES string of the molecule is C=CC(=O)Nc1cc(Nc2cc(N3OCCC3c3cccc(Cl)c3)ncn2)c(OC)cc1N1CCC(N2CCOCC2)CC1.